The van der Waals surface area contributed by atoms with Crippen LogP contribution in [0.1, 0.15) is 37.5 Å². The van der Waals surface area contributed by atoms with Crippen molar-refractivity contribution in [2.45, 2.75) is 41.9 Å². The number of rotatable bonds is 4. The van der Waals surface area contributed by atoms with Crippen LogP contribution in [0.15, 0.2) is 52.3 Å². The Balaban J connectivity index is 1.96. The van der Waals surface area contributed by atoms with Gasteiger partial charge in [-0.2, -0.15) is 0 Å². The van der Waals surface area contributed by atoms with Crippen LogP contribution in [-0.2, 0) is 20.8 Å². The van der Waals surface area contributed by atoms with E-state index in [1.165, 1.54) is 5.56 Å². The summed E-state index contributed by atoms with van der Waals surface area (Å²) in [7, 11) is 3.15. The van der Waals surface area contributed by atoms with Gasteiger partial charge in [0.1, 0.15) is 5.84 Å². The molecule has 132 valence electrons. The molecule has 2 N–H and O–H groups in total. The van der Waals surface area contributed by atoms with E-state index in [0.717, 1.165) is 20.9 Å². The molecule has 25 heavy (non-hydrogen) atoms. The fourth-order valence-corrected chi connectivity index (χ4v) is 3.98. The lowest BCUT2D eigenvalue weighted by Crippen LogP contribution is -2.42. The van der Waals surface area contributed by atoms with Gasteiger partial charge in [-0.3, -0.25) is 5.41 Å². The monoisotopic (exact) mass is 356 g/mol. The van der Waals surface area contributed by atoms with Gasteiger partial charge in [0.25, 0.3) is 5.91 Å². The first-order chi connectivity index (χ1) is 11.8. The largest absolute Gasteiger partial charge is 0.332 e. The van der Waals surface area contributed by atoms with Crippen molar-refractivity contribution in [2.24, 2.45) is 0 Å². The highest BCUT2D eigenvalue weighted by Crippen LogP contribution is 2.40. The molecule has 0 aromatic heterocycles. The van der Waals surface area contributed by atoms with Gasteiger partial charge in [-0.25, -0.2) is 0 Å². The Kier molecular flexibility index (Phi) is 4.66. The molecule has 0 amide bonds. The molecule has 1 aliphatic heterocycles. The molecule has 0 aliphatic carbocycles. The first-order valence-electron chi connectivity index (χ1n) is 8.20. The van der Waals surface area contributed by atoms with Crippen molar-refractivity contribution in [3.8, 4) is 0 Å². The third kappa shape index (κ3) is 3.19. The standard InChI is InChI=1S/C20H24N2O2S/c1-19(2,3)13-9-11-14(12-10-13)25-16-8-6-7-15-17(16)18(21)22-20(15,23-4)24-5/h6-12H,1-5H3,(H2,21,22). The van der Waals surface area contributed by atoms with Crippen molar-refractivity contribution in [3.63, 3.8) is 0 Å². The highest BCUT2D eigenvalue weighted by molar-refractivity contribution is 7.99. The zero-order valence-corrected chi connectivity index (χ0v) is 16.1. The van der Waals surface area contributed by atoms with E-state index in [0.29, 0.717) is 5.84 Å². The quantitative estimate of drug-likeness (QED) is 0.794. The third-order valence-electron chi connectivity index (χ3n) is 4.44. The zero-order valence-electron chi connectivity index (χ0n) is 15.3. The minimum atomic E-state index is -1.08. The van der Waals surface area contributed by atoms with Crippen LogP contribution >= 0.6 is 11.8 Å². The number of hydrogen-bond donors (Lipinski definition) is 2. The van der Waals surface area contributed by atoms with Crippen LogP contribution in [0.5, 0.6) is 0 Å². The van der Waals surface area contributed by atoms with Gasteiger partial charge < -0.3 is 14.8 Å². The lowest BCUT2D eigenvalue weighted by Gasteiger charge is -2.26. The van der Waals surface area contributed by atoms with Crippen LogP contribution in [0.25, 0.3) is 0 Å². The Morgan fingerprint density at radius 1 is 1.00 bits per heavy atom. The number of fused-ring (bicyclic) bond motifs is 1. The maximum absolute atomic E-state index is 8.33. The third-order valence-corrected chi connectivity index (χ3v) is 5.51. The average molecular weight is 356 g/mol. The van der Waals surface area contributed by atoms with Gasteiger partial charge in [-0.05, 0) is 29.2 Å². The molecule has 2 aromatic carbocycles. The van der Waals surface area contributed by atoms with Crippen LogP contribution in [-0.4, -0.2) is 20.1 Å². The molecule has 0 spiro atoms. The van der Waals surface area contributed by atoms with E-state index < -0.39 is 5.91 Å². The molecule has 0 bridgehead atoms. The van der Waals surface area contributed by atoms with Crippen molar-refractivity contribution in [1.29, 1.82) is 5.41 Å². The van der Waals surface area contributed by atoms with E-state index in [4.69, 9.17) is 14.9 Å². The van der Waals surface area contributed by atoms with Gasteiger partial charge in [0, 0.05) is 35.1 Å². The van der Waals surface area contributed by atoms with Gasteiger partial charge in [0.2, 0.25) is 0 Å². The summed E-state index contributed by atoms with van der Waals surface area (Å²) in [6.45, 7) is 6.63. The predicted molar refractivity (Wildman–Crippen MR) is 101 cm³/mol. The number of hydrogen-bond acceptors (Lipinski definition) is 4. The lowest BCUT2D eigenvalue weighted by molar-refractivity contribution is -0.223. The van der Waals surface area contributed by atoms with Gasteiger partial charge in [0.15, 0.2) is 0 Å². The molecular formula is C20H24N2O2S. The van der Waals surface area contributed by atoms with Crippen molar-refractivity contribution in [3.05, 3.63) is 59.2 Å². The van der Waals surface area contributed by atoms with E-state index in [1.54, 1.807) is 26.0 Å². The summed E-state index contributed by atoms with van der Waals surface area (Å²) >= 11 is 1.65. The van der Waals surface area contributed by atoms with E-state index >= 15 is 0 Å². The summed E-state index contributed by atoms with van der Waals surface area (Å²) in [6, 6.07) is 14.5. The van der Waals surface area contributed by atoms with Crippen LogP contribution < -0.4 is 5.32 Å². The smallest absolute Gasteiger partial charge is 0.279 e. The molecule has 0 unspecified atom stereocenters. The Hall–Kier alpha value is -1.82. The van der Waals surface area contributed by atoms with Gasteiger partial charge >= 0.3 is 0 Å². The molecule has 5 heteroatoms. The summed E-state index contributed by atoms with van der Waals surface area (Å²) < 4.78 is 11.0. The van der Waals surface area contributed by atoms with Crippen molar-refractivity contribution >= 4 is 17.6 Å². The van der Waals surface area contributed by atoms with Gasteiger partial charge in [-0.1, -0.05) is 56.8 Å². The van der Waals surface area contributed by atoms with Gasteiger partial charge in [0.05, 0.1) is 0 Å². The Bertz CT molecular complexity index is 790. The summed E-state index contributed by atoms with van der Waals surface area (Å²) in [4.78, 5) is 2.15. The normalized spacial score (nSPS) is 15.8. The maximum atomic E-state index is 8.33. The molecule has 4 nitrogen and oxygen atoms in total. The second-order valence-electron chi connectivity index (χ2n) is 7.08. The topological polar surface area (TPSA) is 54.3 Å². The first kappa shape index (κ1) is 18.0. The lowest BCUT2D eigenvalue weighted by atomic mass is 9.87. The van der Waals surface area contributed by atoms with Crippen molar-refractivity contribution in [1.82, 2.24) is 5.32 Å². The minimum Gasteiger partial charge on any atom is -0.332 e. The van der Waals surface area contributed by atoms with Crippen LogP contribution in [0.4, 0.5) is 0 Å². The number of nitrogens with one attached hydrogen (secondary N) is 2. The van der Waals surface area contributed by atoms with Crippen LogP contribution in [0.2, 0.25) is 0 Å². The Labute approximate surface area is 153 Å². The van der Waals surface area contributed by atoms with Gasteiger partial charge in [-0.15, -0.1) is 0 Å². The number of methoxy groups -OCH3 is 2. The number of amidine groups is 1. The van der Waals surface area contributed by atoms with E-state index in [2.05, 4.69) is 50.4 Å². The van der Waals surface area contributed by atoms with Crippen molar-refractivity contribution in [2.75, 3.05) is 14.2 Å². The zero-order chi connectivity index (χ0) is 18.2. The molecule has 0 radical (unpaired) electrons. The number of benzene rings is 2. The second-order valence-corrected chi connectivity index (χ2v) is 8.20. The fraction of sp³-hybridized carbons (Fsp3) is 0.350. The summed E-state index contributed by atoms with van der Waals surface area (Å²) in [5, 5.41) is 11.3. The molecule has 3 rings (SSSR count). The second kappa shape index (κ2) is 6.48. The summed E-state index contributed by atoms with van der Waals surface area (Å²) in [5.74, 6) is -0.771. The first-order valence-corrected chi connectivity index (χ1v) is 9.01. The van der Waals surface area contributed by atoms with E-state index in [-0.39, 0.29) is 5.41 Å². The Morgan fingerprint density at radius 2 is 1.64 bits per heavy atom. The maximum Gasteiger partial charge on any atom is 0.279 e. The molecule has 1 aliphatic rings. The highest BCUT2D eigenvalue weighted by atomic mass is 32.2. The summed E-state index contributed by atoms with van der Waals surface area (Å²) in [5.41, 5.74) is 3.11. The molecule has 2 aromatic rings. The van der Waals surface area contributed by atoms with Crippen LogP contribution in [0, 0.1) is 5.41 Å². The highest BCUT2D eigenvalue weighted by Gasteiger charge is 2.43. The van der Waals surface area contributed by atoms with E-state index in [1.807, 2.05) is 18.2 Å². The number of ether oxygens (including phenoxy) is 2. The van der Waals surface area contributed by atoms with E-state index in [9.17, 15) is 0 Å². The van der Waals surface area contributed by atoms with Crippen molar-refractivity contribution < 1.29 is 9.47 Å². The molecule has 1 heterocycles. The fourth-order valence-electron chi connectivity index (χ4n) is 3.00. The predicted octanol–water partition coefficient (Wildman–Crippen LogP) is 4.47. The van der Waals surface area contributed by atoms with Crippen LogP contribution in [0.3, 0.4) is 0 Å². The molecule has 0 saturated heterocycles. The molecule has 0 fully saturated rings. The SMILES string of the molecule is COC1(OC)NC(=N)c2c(Sc3ccc(C(C)(C)C)cc3)cccc21. The molecular weight excluding hydrogens is 332 g/mol. The summed E-state index contributed by atoms with van der Waals surface area (Å²) in [6.07, 6.45) is 0. The average Bonchev–Trinajstić information content (AvgIpc) is 2.88. The minimum absolute atomic E-state index is 0.139. The molecule has 0 atom stereocenters. The molecule has 0 saturated carbocycles. The Morgan fingerprint density at radius 3 is 2.20 bits per heavy atom.